The van der Waals surface area contributed by atoms with E-state index < -0.39 is 8.17 Å². The summed E-state index contributed by atoms with van der Waals surface area (Å²) in [4.78, 5) is 12.4. The van der Waals surface area contributed by atoms with Crippen LogP contribution in [0.4, 0.5) is 0 Å². The average Bonchev–Trinajstić information content (AvgIpc) is 2.29. The lowest BCUT2D eigenvalue weighted by molar-refractivity contribution is -0.254. The van der Waals surface area contributed by atoms with Crippen molar-refractivity contribution < 1.29 is 18.5 Å². The van der Waals surface area contributed by atoms with Crippen molar-refractivity contribution in [2.24, 2.45) is 5.41 Å². The maximum atomic E-state index is 12.4. The second-order valence-electron chi connectivity index (χ2n) is 4.95. The molecule has 0 atom stereocenters. The lowest BCUT2D eigenvalue weighted by atomic mass is 9.97. The number of phosphoric ester groups is 1. The maximum absolute atomic E-state index is 12.4. The monoisotopic (exact) mass is 476 g/mol. The summed E-state index contributed by atoms with van der Waals surface area (Å²) in [5.41, 5.74) is -0.161. The number of hydrogen-bond acceptors (Lipinski definition) is 4. The molecule has 0 spiro atoms. The van der Waals surface area contributed by atoms with E-state index in [0.29, 0.717) is 27.9 Å². The Kier molecular flexibility index (Phi) is 4.99. The van der Waals surface area contributed by atoms with E-state index >= 15 is 0 Å². The van der Waals surface area contributed by atoms with Crippen LogP contribution in [0.15, 0.2) is 25.6 Å². The fourth-order valence-electron chi connectivity index (χ4n) is 1.37. The number of halogens is 3. The standard InChI is InChI=1S/C11H12Br3O4P/c1-11(2)5-16-19(15,17-6-11)18-10-8(13)3-7(12)4-9(10)14/h3-4H,5-6H2,1-2H3. The molecule has 0 unspecified atom stereocenters. The minimum atomic E-state index is -3.56. The Bertz CT molecular complexity index is 462. The minimum Gasteiger partial charge on any atom is -0.598 e. The van der Waals surface area contributed by atoms with Gasteiger partial charge in [-0.05, 0) is 44.0 Å². The molecule has 1 fully saturated rings. The molecule has 1 aromatic carbocycles. The second-order valence-corrected chi connectivity index (χ2v) is 9.17. The van der Waals surface area contributed by atoms with Crippen LogP contribution in [0, 0.1) is 5.41 Å². The predicted octanol–water partition coefficient (Wildman–Crippen LogP) is 4.46. The molecular weight excluding hydrogens is 467 g/mol. The highest BCUT2D eigenvalue weighted by Gasteiger charge is 2.45. The van der Waals surface area contributed by atoms with Gasteiger partial charge in [-0.15, -0.1) is 0 Å². The Hall–Kier alpha value is 0.770. The van der Waals surface area contributed by atoms with Crippen LogP contribution in [0.1, 0.15) is 13.8 Å². The predicted molar refractivity (Wildman–Crippen MR) is 82.8 cm³/mol. The van der Waals surface area contributed by atoms with Crippen LogP contribution in [0.5, 0.6) is 5.75 Å². The van der Waals surface area contributed by atoms with Crippen molar-refractivity contribution in [3.63, 3.8) is 0 Å². The van der Waals surface area contributed by atoms with Crippen molar-refractivity contribution in [3.05, 3.63) is 25.6 Å². The molecule has 1 heterocycles. The first-order valence-electron chi connectivity index (χ1n) is 5.44. The first-order chi connectivity index (χ1) is 8.71. The zero-order valence-corrected chi connectivity index (χ0v) is 15.9. The molecule has 1 aliphatic heterocycles. The van der Waals surface area contributed by atoms with Crippen molar-refractivity contribution in [1.29, 1.82) is 0 Å². The van der Waals surface area contributed by atoms with E-state index in [-0.39, 0.29) is 5.41 Å². The molecule has 19 heavy (non-hydrogen) atoms. The molecule has 8 heteroatoms. The highest BCUT2D eigenvalue weighted by molar-refractivity contribution is 9.11. The van der Waals surface area contributed by atoms with Crippen LogP contribution >= 0.6 is 56.0 Å². The molecule has 1 saturated heterocycles. The molecule has 0 aromatic heterocycles. The molecule has 0 N–H and O–H groups in total. The van der Waals surface area contributed by atoms with Gasteiger partial charge in [-0.2, -0.15) is 9.05 Å². The number of benzene rings is 1. The van der Waals surface area contributed by atoms with Crippen LogP contribution in [0.25, 0.3) is 0 Å². The van der Waals surface area contributed by atoms with E-state index in [1.807, 2.05) is 13.8 Å². The zero-order valence-electron chi connectivity index (χ0n) is 10.3. The second kappa shape index (κ2) is 5.87. The molecule has 4 nitrogen and oxygen atoms in total. The third-order valence-electron chi connectivity index (χ3n) is 2.39. The highest BCUT2D eigenvalue weighted by atomic mass is 79.9. The molecule has 0 amide bonds. The van der Waals surface area contributed by atoms with Gasteiger partial charge in [-0.25, -0.2) is 0 Å². The largest absolute Gasteiger partial charge is 0.598 e. The zero-order chi connectivity index (χ0) is 14.3. The fourth-order valence-corrected chi connectivity index (χ4v) is 5.65. The quantitative estimate of drug-likeness (QED) is 0.589. The number of hydrogen-bond donors (Lipinski definition) is 0. The van der Waals surface area contributed by atoms with Gasteiger partial charge in [0.15, 0.2) is 0 Å². The van der Waals surface area contributed by atoms with Gasteiger partial charge in [0.25, 0.3) is 0 Å². The normalized spacial score (nSPS) is 21.2. The molecule has 0 saturated carbocycles. The van der Waals surface area contributed by atoms with E-state index in [0.717, 1.165) is 4.47 Å². The summed E-state index contributed by atoms with van der Waals surface area (Å²) in [6.45, 7) is 4.61. The lowest BCUT2D eigenvalue weighted by Crippen LogP contribution is -2.36. The van der Waals surface area contributed by atoms with Gasteiger partial charge in [0.05, 0.1) is 8.95 Å². The molecule has 1 aliphatic rings. The third-order valence-corrected chi connectivity index (χ3v) is 5.33. The number of phosphoric acid groups is 1. The Morgan fingerprint density at radius 1 is 1.16 bits per heavy atom. The van der Waals surface area contributed by atoms with Gasteiger partial charge in [0, 0.05) is 9.89 Å². The summed E-state index contributed by atoms with van der Waals surface area (Å²) in [7, 11) is -3.56. The van der Waals surface area contributed by atoms with Gasteiger partial charge in [-0.1, -0.05) is 29.8 Å². The lowest BCUT2D eigenvalue weighted by Gasteiger charge is -2.35. The van der Waals surface area contributed by atoms with Gasteiger partial charge < -0.3 is 4.89 Å². The average molecular weight is 479 g/mol. The Morgan fingerprint density at radius 3 is 2.11 bits per heavy atom. The van der Waals surface area contributed by atoms with E-state index in [9.17, 15) is 4.89 Å². The summed E-state index contributed by atoms with van der Waals surface area (Å²) in [6.07, 6.45) is 0. The maximum Gasteiger partial charge on any atom is 0.429 e. The van der Waals surface area contributed by atoms with Crippen LogP contribution in [-0.2, 0) is 9.05 Å². The summed E-state index contributed by atoms with van der Waals surface area (Å²) in [5, 5.41) is 0. The summed E-state index contributed by atoms with van der Waals surface area (Å²) >= 11 is 10.1. The fraction of sp³-hybridized carbons (Fsp3) is 0.455. The first-order valence-corrected chi connectivity index (χ1v) is 9.28. The van der Waals surface area contributed by atoms with E-state index in [4.69, 9.17) is 13.6 Å². The van der Waals surface area contributed by atoms with Crippen molar-refractivity contribution >= 4 is 56.0 Å². The third kappa shape index (κ3) is 4.13. The number of rotatable bonds is 2. The summed E-state index contributed by atoms with van der Waals surface area (Å²) in [5.74, 6) is 0.395. The van der Waals surface area contributed by atoms with Crippen LogP contribution in [0.2, 0.25) is 0 Å². The minimum absolute atomic E-state index is 0.161. The van der Waals surface area contributed by atoms with Gasteiger partial charge in [-0.3, -0.25) is 4.52 Å². The van der Waals surface area contributed by atoms with Gasteiger partial charge >= 0.3 is 8.17 Å². The molecule has 0 radical (unpaired) electrons. The van der Waals surface area contributed by atoms with Crippen molar-refractivity contribution in [2.75, 3.05) is 13.2 Å². The molecule has 106 valence electrons. The molecule has 1 aromatic rings. The SMILES string of the molecule is CC1(C)CO[P+]([O-])(Oc2c(Br)cc(Br)cc2Br)OC1. The smallest absolute Gasteiger partial charge is 0.429 e. The molecule has 2 rings (SSSR count). The van der Waals surface area contributed by atoms with Crippen LogP contribution < -0.4 is 9.42 Å². The van der Waals surface area contributed by atoms with E-state index in [1.54, 1.807) is 12.1 Å². The van der Waals surface area contributed by atoms with Gasteiger partial charge in [0.1, 0.15) is 13.2 Å². The van der Waals surface area contributed by atoms with Crippen LogP contribution in [0.3, 0.4) is 0 Å². The van der Waals surface area contributed by atoms with Crippen molar-refractivity contribution in [2.45, 2.75) is 13.8 Å². The topological polar surface area (TPSA) is 50.8 Å². The van der Waals surface area contributed by atoms with E-state index in [1.165, 1.54) is 0 Å². The van der Waals surface area contributed by atoms with Crippen molar-refractivity contribution in [3.8, 4) is 5.75 Å². The summed E-state index contributed by atoms with van der Waals surface area (Å²) < 4.78 is 18.2. The van der Waals surface area contributed by atoms with Gasteiger partial charge in [0.2, 0.25) is 5.75 Å². The molecular formula is C11H12Br3O4P. The Morgan fingerprint density at radius 2 is 1.63 bits per heavy atom. The molecule has 0 aliphatic carbocycles. The Balaban J connectivity index is 2.18. The van der Waals surface area contributed by atoms with Crippen LogP contribution in [-0.4, -0.2) is 13.2 Å². The summed E-state index contributed by atoms with van der Waals surface area (Å²) in [6, 6.07) is 3.58. The Labute approximate surface area is 137 Å². The first kappa shape index (κ1) is 16.1. The molecule has 0 bridgehead atoms. The highest BCUT2D eigenvalue weighted by Crippen LogP contribution is 2.59. The van der Waals surface area contributed by atoms with Crippen molar-refractivity contribution in [1.82, 2.24) is 0 Å². The van der Waals surface area contributed by atoms with E-state index in [2.05, 4.69) is 47.8 Å².